The number of aromatic nitrogens is 1. The zero-order valence-corrected chi connectivity index (χ0v) is 18.5. The first-order valence-corrected chi connectivity index (χ1v) is 12.0. The number of nitrogens with zero attached hydrogens (tertiary/aromatic N) is 2. The highest BCUT2D eigenvalue weighted by atomic mass is 32.2. The van der Waals surface area contributed by atoms with E-state index in [9.17, 15) is 18.0 Å². The first kappa shape index (κ1) is 21.4. The third-order valence-electron chi connectivity index (χ3n) is 4.90. The summed E-state index contributed by atoms with van der Waals surface area (Å²) in [6.45, 7) is 2.42. The molecule has 1 aliphatic rings. The zero-order chi connectivity index (χ0) is 22.0. The Balaban J connectivity index is 1.38. The van der Waals surface area contributed by atoms with Crippen molar-refractivity contribution in [3.8, 4) is 0 Å². The van der Waals surface area contributed by atoms with Gasteiger partial charge < -0.3 is 4.74 Å². The van der Waals surface area contributed by atoms with E-state index >= 15 is 0 Å². The van der Waals surface area contributed by atoms with Gasteiger partial charge in [-0.15, -0.1) is 0 Å². The normalized spacial score (nSPS) is 14.6. The van der Waals surface area contributed by atoms with Crippen LogP contribution in [0.2, 0.25) is 0 Å². The van der Waals surface area contributed by atoms with E-state index in [4.69, 9.17) is 4.74 Å². The molecule has 1 aliphatic heterocycles. The van der Waals surface area contributed by atoms with Crippen LogP contribution >= 0.6 is 11.3 Å². The van der Waals surface area contributed by atoms with E-state index in [1.54, 1.807) is 0 Å². The van der Waals surface area contributed by atoms with Crippen LogP contribution in [0.25, 0.3) is 10.2 Å². The van der Waals surface area contributed by atoms with Gasteiger partial charge in [0.15, 0.2) is 11.7 Å². The second-order valence-electron chi connectivity index (χ2n) is 7.25. The highest BCUT2D eigenvalue weighted by Gasteiger charge is 2.27. The van der Waals surface area contributed by atoms with E-state index in [0.29, 0.717) is 18.2 Å². The molecule has 3 aromatic rings. The van der Waals surface area contributed by atoms with Gasteiger partial charge in [-0.05, 0) is 55.7 Å². The Morgan fingerprint density at radius 2 is 1.94 bits per heavy atom. The summed E-state index contributed by atoms with van der Waals surface area (Å²) in [6.07, 6.45) is 1.65. The lowest BCUT2D eigenvalue weighted by Gasteiger charge is -2.15. The Kier molecular flexibility index (Phi) is 6.03. The van der Waals surface area contributed by atoms with Crippen molar-refractivity contribution in [1.29, 1.82) is 0 Å². The molecule has 2 heterocycles. The number of aryl methyl sites for hydroxylation is 1. The summed E-state index contributed by atoms with van der Waals surface area (Å²) in [5, 5.41) is 3.04. The molecule has 0 aliphatic carbocycles. The maximum atomic E-state index is 12.7. The molecular weight excluding hydrogens is 438 g/mol. The Labute approximate surface area is 183 Å². The molecule has 162 valence electrons. The zero-order valence-electron chi connectivity index (χ0n) is 16.8. The quantitative estimate of drug-likeness (QED) is 0.568. The molecule has 1 fully saturated rings. The van der Waals surface area contributed by atoms with Crippen molar-refractivity contribution in [1.82, 2.24) is 9.29 Å². The Morgan fingerprint density at radius 3 is 2.71 bits per heavy atom. The van der Waals surface area contributed by atoms with Gasteiger partial charge in [-0.2, -0.15) is 4.31 Å². The van der Waals surface area contributed by atoms with Gasteiger partial charge in [0.25, 0.3) is 5.91 Å². The van der Waals surface area contributed by atoms with Gasteiger partial charge in [0, 0.05) is 13.1 Å². The number of carbonyl (C=O) groups excluding carboxylic acids is 2. The molecule has 1 saturated heterocycles. The van der Waals surface area contributed by atoms with E-state index in [1.165, 1.54) is 39.9 Å². The Morgan fingerprint density at radius 1 is 1.16 bits per heavy atom. The number of rotatable bonds is 6. The molecule has 10 heteroatoms. The average Bonchev–Trinajstić information content (AvgIpc) is 3.42. The van der Waals surface area contributed by atoms with Crippen molar-refractivity contribution in [2.75, 3.05) is 25.0 Å². The molecule has 4 rings (SSSR count). The third-order valence-corrected chi connectivity index (χ3v) is 7.73. The van der Waals surface area contributed by atoms with Crippen molar-refractivity contribution >= 4 is 48.6 Å². The number of fused-ring (bicyclic) bond motifs is 1. The minimum atomic E-state index is -3.64. The highest BCUT2D eigenvalue weighted by molar-refractivity contribution is 7.89. The lowest BCUT2D eigenvalue weighted by molar-refractivity contribution is -0.119. The first-order chi connectivity index (χ1) is 14.8. The van der Waals surface area contributed by atoms with Crippen LogP contribution in [0.3, 0.4) is 0 Å². The predicted molar refractivity (Wildman–Crippen MR) is 118 cm³/mol. The summed E-state index contributed by atoms with van der Waals surface area (Å²) >= 11 is 1.33. The fourth-order valence-corrected chi connectivity index (χ4v) is 5.86. The number of esters is 1. The number of carbonyl (C=O) groups is 2. The lowest BCUT2D eigenvalue weighted by atomic mass is 10.2. The molecule has 2 aromatic carbocycles. The number of benzene rings is 2. The van der Waals surface area contributed by atoms with Gasteiger partial charge in [0.2, 0.25) is 10.0 Å². The smallest absolute Gasteiger partial charge is 0.338 e. The van der Waals surface area contributed by atoms with Gasteiger partial charge >= 0.3 is 5.97 Å². The summed E-state index contributed by atoms with van der Waals surface area (Å²) in [5.41, 5.74) is 1.94. The van der Waals surface area contributed by atoms with Gasteiger partial charge in [-0.3, -0.25) is 10.1 Å². The van der Waals surface area contributed by atoms with Gasteiger partial charge in [-0.1, -0.05) is 23.5 Å². The van der Waals surface area contributed by atoms with Crippen LogP contribution in [-0.2, 0) is 19.6 Å². The lowest BCUT2D eigenvalue weighted by Crippen LogP contribution is -2.28. The van der Waals surface area contributed by atoms with E-state index in [-0.39, 0.29) is 10.5 Å². The number of ether oxygens (including phenoxy) is 1. The second kappa shape index (κ2) is 8.74. The summed E-state index contributed by atoms with van der Waals surface area (Å²) in [5.74, 6) is -1.29. The Hall–Kier alpha value is -2.82. The van der Waals surface area contributed by atoms with Gasteiger partial charge in [0.05, 0.1) is 20.7 Å². The van der Waals surface area contributed by atoms with E-state index in [0.717, 1.165) is 28.6 Å². The molecule has 0 atom stereocenters. The standard InChI is InChI=1S/C21H21N3O5S2/c1-14-7-8-17-18(11-14)30-21(22-17)23-19(25)13-29-20(26)15-5-4-6-16(12-15)31(27,28)24-9-2-3-10-24/h4-8,11-12H,2-3,9-10,13H2,1H3,(H,22,23,25). The highest BCUT2D eigenvalue weighted by Crippen LogP contribution is 2.26. The van der Waals surface area contributed by atoms with Gasteiger partial charge in [-0.25, -0.2) is 18.2 Å². The van der Waals surface area contributed by atoms with Crippen molar-refractivity contribution in [2.24, 2.45) is 0 Å². The second-order valence-corrected chi connectivity index (χ2v) is 10.2. The molecule has 0 bridgehead atoms. The number of hydrogen-bond acceptors (Lipinski definition) is 7. The minimum Gasteiger partial charge on any atom is -0.452 e. The number of thiazole rings is 1. The maximum Gasteiger partial charge on any atom is 0.338 e. The monoisotopic (exact) mass is 459 g/mol. The van der Waals surface area contributed by atoms with Crippen LogP contribution in [0.5, 0.6) is 0 Å². The van der Waals surface area contributed by atoms with Crippen molar-refractivity contribution < 1.29 is 22.7 Å². The first-order valence-electron chi connectivity index (χ1n) is 9.77. The fraction of sp³-hybridized carbons (Fsp3) is 0.286. The number of anilines is 1. The largest absolute Gasteiger partial charge is 0.452 e. The molecule has 8 nitrogen and oxygen atoms in total. The van der Waals surface area contributed by atoms with Gasteiger partial charge in [0.1, 0.15) is 0 Å². The molecule has 0 saturated carbocycles. The average molecular weight is 460 g/mol. The number of amides is 1. The summed E-state index contributed by atoms with van der Waals surface area (Å²) < 4.78 is 32.8. The summed E-state index contributed by atoms with van der Waals surface area (Å²) in [4.78, 5) is 28.9. The fourth-order valence-electron chi connectivity index (χ4n) is 3.32. The number of sulfonamides is 1. The molecule has 0 radical (unpaired) electrons. The van der Waals surface area contributed by atoms with Crippen LogP contribution in [0.1, 0.15) is 28.8 Å². The maximum absolute atomic E-state index is 12.7. The van der Waals surface area contributed by atoms with Crippen LogP contribution in [-0.4, -0.2) is 49.3 Å². The molecule has 1 amide bonds. The Bertz CT molecular complexity index is 1250. The molecule has 1 aromatic heterocycles. The SMILES string of the molecule is Cc1ccc2nc(NC(=O)COC(=O)c3cccc(S(=O)(=O)N4CCCC4)c3)sc2c1. The van der Waals surface area contributed by atoms with Crippen molar-refractivity contribution in [2.45, 2.75) is 24.7 Å². The molecule has 1 N–H and O–H groups in total. The number of hydrogen-bond donors (Lipinski definition) is 1. The molecule has 31 heavy (non-hydrogen) atoms. The number of nitrogens with one attached hydrogen (secondary N) is 1. The van der Waals surface area contributed by atoms with E-state index < -0.39 is 28.5 Å². The van der Waals surface area contributed by atoms with Crippen molar-refractivity contribution in [3.63, 3.8) is 0 Å². The molecule has 0 unspecified atom stereocenters. The van der Waals surface area contributed by atoms with Crippen molar-refractivity contribution in [3.05, 3.63) is 53.6 Å². The molecule has 0 spiro atoms. The third kappa shape index (κ3) is 4.76. The summed E-state index contributed by atoms with van der Waals surface area (Å²) in [7, 11) is -3.64. The molecular formula is C21H21N3O5S2. The topological polar surface area (TPSA) is 106 Å². The minimum absolute atomic E-state index is 0.0399. The van der Waals surface area contributed by atoms with E-state index in [2.05, 4.69) is 10.3 Å². The summed E-state index contributed by atoms with van der Waals surface area (Å²) in [6, 6.07) is 11.5. The van der Waals surface area contributed by atoms with Crippen LogP contribution in [0, 0.1) is 6.92 Å². The van der Waals surface area contributed by atoms with E-state index in [1.807, 2.05) is 25.1 Å². The van der Waals surface area contributed by atoms with Crippen LogP contribution < -0.4 is 5.32 Å². The van der Waals surface area contributed by atoms with Crippen LogP contribution in [0.15, 0.2) is 47.4 Å². The van der Waals surface area contributed by atoms with Crippen LogP contribution in [0.4, 0.5) is 5.13 Å². The predicted octanol–water partition coefficient (Wildman–Crippen LogP) is 3.18.